The SMILES string of the molecule is O=C(CC1(CS)CC1)NCC1CCOCC1. The van der Waals surface area contributed by atoms with Crippen molar-refractivity contribution in [1.29, 1.82) is 0 Å². The molecular formula is C12H21NO2S. The van der Waals surface area contributed by atoms with Crippen LogP contribution in [-0.4, -0.2) is 31.4 Å². The van der Waals surface area contributed by atoms with E-state index in [1.807, 2.05) is 0 Å². The third-order valence-corrected chi connectivity index (χ3v) is 4.43. The molecule has 92 valence electrons. The van der Waals surface area contributed by atoms with Gasteiger partial charge in [0.25, 0.3) is 0 Å². The predicted molar refractivity (Wildman–Crippen MR) is 66.7 cm³/mol. The Morgan fingerprint density at radius 2 is 2.06 bits per heavy atom. The van der Waals surface area contributed by atoms with E-state index < -0.39 is 0 Å². The Bertz CT molecular complexity index is 247. The van der Waals surface area contributed by atoms with Crippen LogP contribution in [0.15, 0.2) is 0 Å². The molecular weight excluding hydrogens is 222 g/mol. The molecule has 2 aliphatic rings. The van der Waals surface area contributed by atoms with Crippen molar-refractivity contribution in [3.05, 3.63) is 0 Å². The molecule has 1 aliphatic carbocycles. The maximum absolute atomic E-state index is 11.7. The maximum atomic E-state index is 11.7. The molecule has 0 aromatic carbocycles. The molecule has 3 nitrogen and oxygen atoms in total. The molecule has 0 aromatic rings. The number of rotatable bonds is 5. The zero-order chi connectivity index (χ0) is 11.4. The number of ether oxygens (including phenoxy) is 1. The van der Waals surface area contributed by atoms with Gasteiger partial charge in [0.1, 0.15) is 0 Å². The second kappa shape index (κ2) is 5.41. The number of thiol groups is 1. The van der Waals surface area contributed by atoms with Crippen LogP contribution in [0.4, 0.5) is 0 Å². The van der Waals surface area contributed by atoms with Gasteiger partial charge >= 0.3 is 0 Å². The third-order valence-electron chi connectivity index (χ3n) is 3.76. The van der Waals surface area contributed by atoms with E-state index in [9.17, 15) is 4.79 Å². The minimum absolute atomic E-state index is 0.207. The molecule has 1 heterocycles. The van der Waals surface area contributed by atoms with Gasteiger partial charge in [-0.2, -0.15) is 12.6 Å². The summed E-state index contributed by atoms with van der Waals surface area (Å²) < 4.78 is 5.29. The minimum Gasteiger partial charge on any atom is -0.381 e. The first-order valence-electron chi connectivity index (χ1n) is 6.19. The van der Waals surface area contributed by atoms with Gasteiger partial charge in [0.15, 0.2) is 0 Å². The molecule has 1 aliphatic heterocycles. The largest absolute Gasteiger partial charge is 0.381 e. The number of hydrogen-bond acceptors (Lipinski definition) is 3. The van der Waals surface area contributed by atoms with Gasteiger partial charge in [0, 0.05) is 26.2 Å². The Morgan fingerprint density at radius 3 is 2.62 bits per heavy atom. The van der Waals surface area contributed by atoms with Crippen LogP contribution in [-0.2, 0) is 9.53 Å². The highest BCUT2D eigenvalue weighted by Gasteiger charge is 2.42. The van der Waals surface area contributed by atoms with Crippen LogP contribution in [0, 0.1) is 11.3 Å². The van der Waals surface area contributed by atoms with Gasteiger partial charge in [-0.15, -0.1) is 0 Å². The highest BCUT2D eigenvalue weighted by atomic mass is 32.1. The van der Waals surface area contributed by atoms with Crippen LogP contribution >= 0.6 is 12.6 Å². The van der Waals surface area contributed by atoms with Gasteiger partial charge in [-0.05, 0) is 42.8 Å². The van der Waals surface area contributed by atoms with Crippen LogP contribution in [0.3, 0.4) is 0 Å². The first-order valence-corrected chi connectivity index (χ1v) is 6.83. The van der Waals surface area contributed by atoms with Crippen molar-refractivity contribution in [2.45, 2.75) is 32.1 Å². The highest BCUT2D eigenvalue weighted by Crippen LogP contribution is 2.49. The first kappa shape index (κ1) is 12.2. The fraction of sp³-hybridized carbons (Fsp3) is 0.917. The average Bonchev–Trinajstić information content (AvgIpc) is 3.08. The lowest BCUT2D eigenvalue weighted by Crippen LogP contribution is -2.33. The zero-order valence-corrected chi connectivity index (χ0v) is 10.6. The minimum atomic E-state index is 0.207. The molecule has 1 amide bonds. The van der Waals surface area contributed by atoms with E-state index in [1.165, 1.54) is 12.8 Å². The van der Waals surface area contributed by atoms with Gasteiger partial charge in [-0.3, -0.25) is 4.79 Å². The van der Waals surface area contributed by atoms with Crippen LogP contribution in [0.2, 0.25) is 0 Å². The normalized spacial score (nSPS) is 24.1. The molecule has 4 heteroatoms. The zero-order valence-electron chi connectivity index (χ0n) is 9.71. The quantitative estimate of drug-likeness (QED) is 0.720. The number of carbonyl (C=O) groups is 1. The second-order valence-corrected chi connectivity index (χ2v) is 5.51. The van der Waals surface area contributed by atoms with Crippen molar-refractivity contribution in [1.82, 2.24) is 5.32 Å². The fourth-order valence-electron chi connectivity index (χ4n) is 2.18. The molecule has 1 N–H and O–H groups in total. The number of amides is 1. The Hall–Kier alpha value is -0.220. The molecule has 0 atom stereocenters. The summed E-state index contributed by atoms with van der Waals surface area (Å²) in [6, 6.07) is 0. The van der Waals surface area contributed by atoms with E-state index in [2.05, 4.69) is 17.9 Å². The lowest BCUT2D eigenvalue weighted by Gasteiger charge is -2.22. The van der Waals surface area contributed by atoms with Gasteiger partial charge in [0.05, 0.1) is 0 Å². The van der Waals surface area contributed by atoms with Crippen molar-refractivity contribution >= 4 is 18.5 Å². The molecule has 0 spiro atoms. The van der Waals surface area contributed by atoms with Crippen LogP contribution < -0.4 is 5.32 Å². The van der Waals surface area contributed by atoms with Crippen molar-refractivity contribution in [2.75, 3.05) is 25.5 Å². The molecule has 1 saturated carbocycles. The van der Waals surface area contributed by atoms with Gasteiger partial charge in [-0.1, -0.05) is 0 Å². The van der Waals surface area contributed by atoms with E-state index in [-0.39, 0.29) is 11.3 Å². The van der Waals surface area contributed by atoms with Gasteiger partial charge < -0.3 is 10.1 Å². The highest BCUT2D eigenvalue weighted by molar-refractivity contribution is 7.80. The lowest BCUT2D eigenvalue weighted by molar-refractivity contribution is -0.122. The molecule has 2 fully saturated rings. The lowest BCUT2D eigenvalue weighted by atomic mass is 10.00. The van der Waals surface area contributed by atoms with Crippen molar-refractivity contribution in [2.24, 2.45) is 11.3 Å². The summed E-state index contributed by atoms with van der Waals surface area (Å²) in [5, 5.41) is 3.05. The Labute approximate surface area is 103 Å². The summed E-state index contributed by atoms with van der Waals surface area (Å²) in [5.41, 5.74) is 0.239. The van der Waals surface area contributed by atoms with E-state index >= 15 is 0 Å². The predicted octanol–water partition coefficient (Wildman–Crippen LogP) is 1.63. The second-order valence-electron chi connectivity index (χ2n) is 5.19. The molecule has 0 bridgehead atoms. The standard InChI is InChI=1S/C12H21NO2S/c14-11(7-12(9-16)3-4-12)13-8-10-1-5-15-6-2-10/h10,16H,1-9H2,(H,13,14). The summed E-state index contributed by atoms with van der Waals surface area (Å²) in [7, 11) is 0. The van der Waals surface area contributed by atoms with Crippen molar-refractivity contribution in [3.63, 3.8) is 0 Å². The summed E-state index contributed by atoms with van der Waals surface area (Å²) in [5.74, 6) is 1.67. The molecule has 0 radical (unpaired) electrons. The van der Waals surface area contributed by atoms with E-state index in [0.717, 1.165) is 38.4 Å². The Morgan fingerprint density at radius 1 is 1.38 bits per heavy atom. The smallest absolute Gasteiger partial charge is 0.220 e. The summed E-state index contributed by atoms with van der Waals surface area (Å²) >= 11 is 4.31. The molecule has 1 saturated heterocycles. The van der Waals surface area contributed by atoms with Crippen LogP contribution in [0.25, 0.3) is 0 Å². The van der Waals surface area contributed by atoms with E-state index in [1.54, 1.807) is 0 Å². The van der Waals surface area contributed by atoms with Crippen molar-refractivity contribution < 1.29 is 9.53 Å². The molecule has 2 rings (SSSR count). The Balaban J connectivity index is 1.63. The molecule has 16 heavy (non-hydrogen) atoms. The van der Waals surface area contributed by atoms with Crippen LogP contribution in [0.1, 0.15) is 32.1 Å². The number of nitrogens with one attached hydrogen (secondary N) is 1. The topological polar surface area (TPSA) is 38.3 Å². The average molecular weight is 243 g/mol. The Kier molecular flexibility index (Phi) is 4.14. The summed E-state index contributed by atoms with van der Waals surface area (Å²) in [6.45, 7) is 2.52. The molecule has 0 unspecified atom stereocenters. The van der Waals surface area contributed by atoms with E-state index in [4.69, 9.17) is 4.74 Å². The third kappa shape index (κ3) is 3.39. The maximum Gasteiger partial charge on any atom is 0.220 e. The summed E-state index contributed by atoms with van der Waals surface area (Å²) in [6.07, 6.45) is 5.16. The number of carbonyl (C=O) groups excluding carboxylic acids is 1. The van der Waals surface area contributed by atoms with Crippen LogP contribution in [0.5, 0.6) is 0 Å². The first-order chi connectivity index (χ1) is 7.74. The monoisotopic (exact) mass is 243 g/mol. The van der Waals surface area contributed by atoms with Crippen molar-refractivity contribution in [3.8, 4) is 0 Å². The fourth-order valence-corrected chi connectivity index (χ4v) is 2.61. The van der Waals surface area contributed by atoms with E-state index in [0.29, 0.717) is 12.3 Å². The molecule has 0 aromatic heterocycles. The number of hydrogen-bond donors (Lipinski definition) is 2. The summed E-state index contributed by atoms with van der Waals surface area (Å²) in [4.78, 5) is 11.7. The van der Waals surface area contributed by atoms with Gasteiger partial charge in [-0.25, -0.2) is 0 Å². The van der Waals surface area contributed by atoms with Gasteiger partial charge in [0.2, 0.25) is 5.91 Å².